The molecular formula is C15H18N2O2. The van der Waals surface area contributed by atoms with Crippen molar-refractivity contribution in [2.24, 2.45) is 7.05 Å². The molecule has 0 atom stereocenters. The first kappa shape index (κ1) is 13.3. The number of benzene rings is 1. The number of nitrogens with one attached hydrogen (secondary N) is 1. The molecule has 1 amide bonds. The summed E-state index contributed by atoms with van der Waals surface area (Å²) in [6.45, 7) is 4.54. The van der Waals surface area contributed by atoms with Gasteiger partial charge in [-0.05, 0) is 11.6 Å². The predicted molar refractivity (Wildman–Crippen MR) is 75.0 cm³/mol. The summed E-state index contributed by atoms with van der Waals surface area (Å²) in [6.07, 6.45) is 2.39. The maximum Gasteiger partial charge on any atom is 0.284 e. The molecule has 1 aromatic heterocycles. The summed E-state index contributed by atoms with van der Waals surface area (Å²) in [5.41, 5.74) is 2.09. The number of aromatic nitrogens is 1. The van der Waals surface area contributed by atoms with Crippen LogP contribution in [0.1, 0.15) is 19.4 Å². The van der Waals surface area contributed by atoms with E-state index in [9.17, 15) is 9.59 Å². The summed E-state index contributed by atoms with van der Waals surface area (Å²) >= 11 is 0. The molecule has 0 aliphatic carbocycles. The minimum absolute atomic E-state index is 0.237. The van der Waals surface area contributed by atoms with Gasteiger partial charge in [0.25, 0.3) is 5.91 Å². The molecule has 2 rings (SSSR count). The van der Waals surface area contributed by atoms with Crippen molar-refractivity contribution in [3.8, 4) is 0 Å². The van der Waals surface area contributed by atoms with Gasteiger partial charge < -0.3 is 9.88 Å². The van der Waals surface area contributed by atoms with Crippen molar-refractivity contribution < 1.29 is 9.59 Å². The number of aryl methyl sites for hydroxylation is 1. The van der Waals surface area contributed by atoms with E-state index in [1.54, 1.807) is 0 Å². The maximum absolute atomic E-state index is 11.1. The van der Waals surface area contributed by atoms with Gasteiger partial charge in [0.1, 0.15) is 0 Å². The number of nitrogens with zero attached hydrogens (tertiary/aromatic N) is 1. The number of amides is 1. The standard InChI is InChI=1S/C15H18N2O2/c1-15(2,10-16-14(19)9-18)12-8-17(3)13-7-5-4-6-11(12)13/h4-9H,10H2,1-3H3,(H,16,19). The lowest BCUT2D eigenvalue weighted by molar-refractivity contribution is -0.131. The molecule has 4 nitrogen and oxygen atoms in total. The molecule has 0 saturated heterocycles. The van der Waals surface area contributed by atoms with Crippen LogP contribution < -0.4 is 5.32 Å². The van der Waals surface area contributed by atoms with Crippen molar-refractivity contribution in [2.75, 3.05) is 6.54 Å². The average Bonchev–Trinajstić information content (AvgIpc) is 2.75. The second-order valence-electron chi connectivity index (χ2n) is 5.39. The van der Waals surface area contributed by atoms with Gasteiger partial charge in [-0.15, -0.1) is 0 Å². The molecule has 0 fully saturated rings. The van der Waals surface area contributed by atoms with Crippen molar-refractivity contribution in [3.63, 3.8) is 0 Å². The van der Waals surface area contributed by atoms with E-state index in [0.29, 0.717) is 12.8 Å². The van der Waals surface area contributed by atoms with Crippen LogP contribution in [0.2, 0.25) is 0 Å². The quantitative estimate of drug-likeness (QED) is 0.671. The van der Waals surface area contributed by atoms with Crippen molar-refractivity contribution >= 4 is 23.1 Å². The van der Waals surface area contributed by atoms with Crippen LogP contribution in [0.4, 0.5) is 0 Å². The fourth-order valence-electron chi connectivity index (χ4n) is 2.33. The summed E-state index contributed by atoms with van der Waals surface area (Å²) < 4.78 is 2.08. The molecule has 0 aliphatic rings. The topological polar surface area (TPSA) is 51.1 Å². The number of hydrogen-bond acceptors (Lipinski definition) is 2. The van der Waals surface area contributed by atoms with Crippen LogP contribution in [0.3, 0.4) is 0 Å². The molecule has 0 bridgehead atoms. The van der Waals surface area contributed by atoms with E-state index in [1.165, 1.54) is 5.39 Å². The van der Waals surface area contributed by atoms with Crippen molar-refractivity contribution in [1.82, 2.24) is 9.88 Å². The van der Waals surface area contributed by atoms with Gasteiger partial charge in [-0.3, -0.25) is 9.59 Å². The lowest BCUT2D eigenvalue weighted by Crippen LogP contribution is -2.37. The molecule has 1 N–H and O–H groups in total. The van der Waals surface area contributed by atoms with Crippen LogP contribution in [-0.2, 0) is 22.1 Å². The van der Waals surface area contributed by atoms with E-state index in [4.69, 9.17) is 0 Å². The Kier molecular flexibility index (Phi) is 3.42. The fraction of sp³-hybridized carbons (Fsp3) is 0.333. The lowest BCUT2D eigenvalue weighted by Gasteiger charge is -2.24. The van der Waals surface area contributed by atoms with Gasteiger partial charge in [-0.25, -0.2) is 0 Å². The van der Waals surface area contributed by atoms with Crippen LogP contribution in [0, 0.1) is 0 Å². The van der Waals surface area contributed by atoms with Gasteiger partial charge in [0.2, 0.25) is 6.29 Å². The Hall–Kier alpha value is -2.10. The first-order valence-corrected chi connectivity index (χ1v) is 6.23. The molecule has 2 aromatic rings. The molecule has 100 valence electrons. The van der Waals surface area contributed by atoms with Crippen LogP contribution in [0.5, 0.6) is 0 Å². The molecular weight excluding hydrogens is 240 g/mol. The van der Waals surface area contributed by atoms with Crippen LogP contribution in [0.15, 0.2) is 30.5 Å². The summed E-state index contributed by atoms with van der Waals surface area (Å²) in [5, 5.41) is 3.81. The number of carbonyl (C=O) groups excluding carboxylic acids is 2. The van der Waals surface area contributed by atoms with Gasteiger partial charge in [0.15, 0.2) is 0 Å². The molecule has 1 aromatic carbocycles. The minimum atomic E-state index is -0.576. The monoisotopic (exact) mass is 258 g/mol. The molecule has 19 heavy (non-hydrogen) atoms. The van der Waals surface area contributed by atoms with Crippen LogP contribution in [-0.4, -0.2) is 23.3 Å². The molecule has 1 heterocycles. The number of para-hydroxylation sites is 1. The largest absolute Gasteiger partial charge is 0.350 e. The van der Waals surface area contributed by atoms with E-state index in [2.05, 4.69) is 42.1 Å². The van der Waals surface area contributed by atoms with E-state index < -0.39 is 5.91 Å². The van der Waals surface area contributed by atoms with Crippen molar-refractivity contribution in [3.05, 3.63) is 36.0 Å². The minimum Gasteiger partial charge on any atom is -0.350 e. The zero-order valence-corrected chi connectivity index (χ0v) is 11.4. The van der Waals surface area contributed by atoms with Gasteiger partial charge in [-0.1, -0.05) is 32.0 Å². The maximum atomic E-state index is 11.1. The third kappa shape index (κ3) is 2.52. The number of carbonyl (C=O) groups is 2. The van der Waals surface area contributed by atoms with E-state index in [1.807, 2.05) is 19.2 Å². The number of rotatable bonds is 4. The highest BCUT2D eigenvalue weighted by Gasteiger charge is 2.25. The summed E-state index contributed by atoms with van der Waals surface area (Å²) in [5.74, 6) is -0.576. The number of hydrogen-bond donors (Lipinski definition) is 1. The Labute approximate surface area is 112 Å². The van der Waals surface area contributed by atoms with E-state index >= 15 is 0 Å². The van der Waals surface area contributed by atoms with Crippen LogP contribution >= 0.6 is 0 Å². The molecule has 0 saturated carbocycles. The predicted octanol–water partition coefficient (Wildman–Crippen LogP) is 1.77. The highest BCUT2D eigenvalue weighted by Crippen LogP contribution is 2.31. The number of aldehydes is 1. The lowest BCUT2D eigenvalue weighted by atomic mass is 9.84. The van der Waals surface area contributed by atoms with Gasteiger partial charge in [-0.2, -0.15) is 0 Å². The van der Waals surface area contributed by atoms with E-state index in [-0.39, 0.29) is 5.41 Å². The SMILES string of the molecule is Cn1cc(C(C)(C)CNC(=O)C=O)c2ccccc21. The second kappa shape index (κ2) is 4.88. The Bertz CT molecular complexity index is 626. The average molecular weight is 258 g/mol. The smallest absolute Gasteiger partial charge is 0.284 e. The third-order valence-corrected chi connectivity index (χ3v) is 3.44. The molecule has 0 radical (unpaired) electrons. The van der Waals surface area contributed by atoms with Gasteiger partial charge in [0, 0.05) is 36.1 Å². The normalized spacial score (nSPS) is 11.5. The first-order valence-electron chi connectivity index (χ1n) is 6.23. The molecule has 0 aliphatic heterocycles. The Morgan fingerprint density at radius 2 is 2.05 bits per heavy atom. The highest BCUT2D eigenvalue weighted by atomic mass is 16.2. The number of fused-ring (bicyclic) bond motifs is 1. The van der Waals surface area contributed by atoms with Crippen LogP contribution in [0.25, 0.3) is 10.9 Å². The summed E-state index contributed by atoms with van der Waals surface area (Å²) in [7, 11) is 2.01. The van der Waals surface area contributed by atoms with Crippen molar-refractivity contribution in [2.45, 2.75) is 19.3 Å². The van der Waals surface area contributed by atoms with Crippen molar-refractivity contribution in [1.29, 1.82) is 0 Å². The fourth-order valence-corrected chi connectivity index (χ4v) is 2.33. The Balaban J connectivity index is 2.37. The van der Waals surface area contributed by atoms with Gasteiger partial charge >= 0.3 is 0 Å². The first-order chi connectivity index (χ1) is 8.95. The molecule has 0 unspecified atom stereocenters. The Morgan fingerprint density at radius 3 is 2.74 bits per heavy atom. The summed E-state index contributed by atoms with van der Waals surface area (Å²) in [4.78, 5) is 21.4. The highest BCUT2D eigenvalue weighted by molar-refractivity contribution is 6.23. The molecule has 0 spiro atoms. The zero-order valence-electron chi connectivity index (χ0n) is 11.4. The molecule has 4 heteroatoms. The third-order valence-electron chi connectivity index (χ3n) is 3.44. The second-order valence-corrected chi connectivity index (χ2v) is 5.39. The van der Waals surface area contributed by atoms with Gasteiger partial charge in [0.05, 0.1) is 0 Å². The Morgan fingerprint density at radius 1 is 1.37 bits per heavy atom. The zero-order chi connectivity index (χ0) is 14.0. The van der Waals surface area contributed by atoms with E-state index in [0.717, 1.165) is 11.1 Å². The summed E-state index contributed by atoms with van der Waals surface area (Å²) in [6, 6.07) is 8.16.